The molecule has 1 aromatic heterocycles. The van der Waals surface area contributed by atoms with Gasteiger partial charge < -0.3 is 4.74 Å². The topological polar surface area (TPSA) is 65.9 Å². The predicted molar refractivity (Wildman–Crippen MR) is 85.0 cm³/mol. The number of alkyl halides is 3. The zero-order valence-electron chi connectivity index (χ0n) is 13.0. The van der Waals surface area contributed by atoms with E-state index in [1.165, 1.54) is 18.2 Å². The third-order valence-electron chi connectivity index (χ3n) is 3.73. The molecular formula is C18H10F4N2O2. The van der Waals surface area contributed by atoms with E-state index in [1.54, 1.807) is 6.07 Å². The molecule has 132 valence electrons. The SMILES string of the molecule is N#Cc1c(=O)[nH]c(OCc2ccc(C(F)(F)F)cc2)c2cc(F)ccc12. The first-order chi connectivity index (χ1) is 12.3. The largest absolute Gasteiger partial charge is 0.474 e. The molecule has 0 radical (unpaired) electrons. The number of H-pyrrole nitrogens is 1. The minimum absolute atomic E-state index is 0.0663. The summed E-state index contributed by atoms with van der Waals surface area (Å²) in [6, 6.07) is 9.58. The lowest BCUT2D eigenvalue weighted by Crippen LogP contribution is -2.13. The molecular weight excluding hydrogens is 352 g/mol. The number of aromatic amines is 1. The zero-order chi connectivity index (χ0) is 18.9. The first-order valence-electron chi connectivity index (χ1n) is 7.34. The molecule has 0 fully saturated rings. The number of pyridine rings is 1. The summed E-state index contributed by atoms with van der Waals surface area (Å²) in [5.74, 6) is -0.656. The fourth-order valence-electron chi connectivity index (χ4n) is 2.45. The van der Waals surface area contributed by atoms with E-state index >= 15 is 0 Å². The molecule has 1 N–H and O–H groups in total. The fraction of sp³-hybridized carbons (Fsp3) is 0.111. The summed E-state index contributed by atoms with van der Waals surface area (Å²) < 4.78 is 56.7. The van der Waals surface area contributed by atoms with Gasteiger partial charge in [0.15, 0.2) is 0 Å². The smallest absolute Gasteiger partial charge is 0.416 e. The lowest BCUT2D eigenvalue weighted by atomic mass is 10.1. The van der Waals surface area contributed by atoms with Gasteiger partial charge in [-0.3, -0.25) is 9.78 Å². The molecule has 0 aliphatic carbocycles. The molecule has 1 heterocycles. The van der Waals surface area contributed by atoms with Gasteiger partial charge in [0.05, 0.1) is 5.56 Å². The van der Waals surface area contributed by atoms with Gasteiger partial charge in [-0.25, -0.2) is 4.39 Å². The number of aromatic nitrogens is 1. The number of ether oxygens (including phenoxy) is 1. The lowest BCUT2D eigenvalue weighted by molar-refractivity contribution is -0.137. The van der Waals surface area contributed by atoms with Crippen LogP contribution in [0.2, 0.25) is 0 Å². The van der Waals surface area contributed by atoms with Gasteiger partial charge in [-0.05, 0) is 35.9 Å². The Labute approximate surface area is 144 Å². The van der Waals surface area contributed by atoms with E-state index in [1.807, 2.05) is 0 Å². The maximum Gasteiger partial charge on any atom is 0.416 e. The molecule has 3 rings (SSSR count). The minimum atomic E-state index is -4.44. The average molecular weight is 362 g/mol. The van der Waals surface area contributed by atoms with Crippen LogP contribution in [-0.4, -0.2) is 4.98 Å². The van der Waals surface area contributed by atoms with Crippen molar-refractivity contribution >= 4 is 10.8 Å². The molecule has 4 nitrogen and oxygen atoms in total. The summed E-state index contributed by atoms with van der Waals surface area (Å²) in [6.07, 6.45) is -4.44. The molecule has 8 heteroatoms. The predicted octanol–water partition coefficient (Wildman–Crippen LogP) is 4.14. The Hall–Kier alpha value is -3.34. The van der Waals surface area contributed by atoms with Crippen molar-refractivity contribution in [3.63, 3.8) is 0 Å². The van der Waals surface area contributed by atoms with Crippen LogP contribution in [0.5, 0.6) is 5.88 Å². The van der Waals surface area contributed by atoms with Crippen LogP contribution in [0, 0.1) is 17.1 Å². The van der Waals surface area contributed by atoms with Crippen molar-refractivity contribution in [2.24, 2.45) is 0 Å². The molecule has 0 aliphatic heterocycles. The second kappa shape index (κ2) is 6.52. The maximum absolute atomic E-state index is 13.5. The number of rotatable bonds is 3. The highest BCUT2D eigenvalue weighted by molar-refractivity contribution is 5.91. The van der Waals surface area contributed by atoms with Crippen LogP contribution >= 0.6 is 0 Å². The second-order valence-corrected chi connectivity index (χ2v) is 5.44. The van der Waals surface area contributed by atoms with E-state index in [0.29, 0.717) is 5.56 Å². The summed E-state index contributed by atoms with van der Waals surface area (Å²) in [4.78, 5) is 14.3. The van der Waals surface area contributed by atoms with Crippen molar-refractivity contribution in [2.45, 2.75) is 12.8 Å². The maximum atomic E-state index is 13.5. The molecule has 0 saturated heterocycles. The van der Waals surface area contributed by atoms with Gasteiger partial charge in [0, 0.05) is 10.8 Å². The number of fused-ring (bicyclic) bond motifs is 1. The van der Waals surface area contributed by atoms with Crippen LogP contribution < -0.4 is 10.3 Å². The first kappa shape index (κ1) is 17.5. The Balaban J connectivity index is 1.93. The fourth-order valence-corrected chi connectivity index (χ4v) is 2.45. The zero-order valence-corrected chi connectivity index (χ0v) is 13.0. The highest BCUT2D eigenvalue weighted by Gasteiger charge is 2.29. The quantitative estimate of drug-likeness (QED) is 0.713. The molecule has 0 bridgehead atoms. The van der Waals surface area contributed by atoms with E-state index < -0.39 is 23.1 Å². The Morgan fingerprint density at radius 2 is 1.77 bits per heavy atom. The van der Waals surface area contributed by atoms with E-state index in [-0.39, 0.29) is 28.8 Å². The van der Waals surface area contributed by atoms with Gasteiger partial charge in [0.2, 0.25) is 5.88 Å². The van der Waals surface area contributed by atoms with Crippen molar-refractivity contribution in [1.29, 1.82) is 5.26 Å². The number of nitrogens with zero attached hydrogens (tertiary/aromatic N) is 1. The Kier molecular flexibility index (Phi) is 4.38. The van der Waals surface area contributed by atoms with E-state index in [2.05, 4.69) is 4.98 Å². The Morgan fingerprint density at radius 3 is 2.38 bits per heavy atom. The summed E-state index contributed by atoms with van der Waals surface area (Å²) >= 11 is 0. The Bertz CT molecular complexity index is 1060. The van der Waals surface area contributed by atoms with Crippen LogP contribution in [0.4, 0.5) is 17.6 Å². The number of hydrogen-bond donors (Lipinski definition) is 1. The molecule has 0 aliphatic rings. The van der Waals surface area contributed by atoms with Crippen LogP contribution in [-0.2, 0) is 12.8 Å². The molecule has 0 amide bonds. The van der Waals surface area contributed by atoms with Gasteiger partial charge in [-0.1, -0.05) is 12.1 Å². The third kappa shape index (κ3) is 3.37. The molecule has 3 aromatic rings. The summed E-state index contributed by atoms with van der Waals surface area (Å²) in [6.45, 7) is -0.147. The lowest BCUT2D eigenvalue weighted by Gasteiger charge is -2.11. The number of hydrogen-bond acceptors (Lipinski definition) is 3. The molecule has 0 unspecified atom stereocenters. The molecule has 0 spiro atoms. The van der Waals surface area contributed by atoms with Gasteiger partial charge in [0.25, 0.3) is 5.56 Å². The number of nitrogens with one attached hydrogen (secondary N) is 1. The monoisotopic (exact) mass is 362 g/mol. The van der Waals surface area contributed by atoms with Crippen LogP contribution in [0.15, 0.2) is 47.3 Å². The third-order valence-corrected chi connectivity index (χ3v) is 3.73. The van der Waals surface area contributed by atoms with E-state index in [9.17, 15) is 22.4 Å². The van der Waals surface area contributed by atoms with Crippen molar-refractivity contribution in [3.8, 4) is 11.9 Å². The van der Waals surface area contributed by atoms with E-state index in [0.717, 1.165) is 24.3 Å². The van der Waals surface area contributed by atoms with Crippen molar-refractivity contribution in [2.75, 3.05) is 0 Å². The standard InChI is InChI=1S/C18H10F4N2O2/c19-12-5-6-13-14(7-12)17(24-16(25)15(13)8-23)26-9-10-1-3-11(4-2-10)18(20,21)22/h1-7H,9H2,(H,24,25). The van der Waals surface area contributed by atoms with Crippen molar-refractivity contribution < 1.29 is 22.3 Å². The second-order valence-electron chi connectivity index (χ2n) is 5.44. The number of benzene rings is 2. The van der Waals surface area contributed by atoms with Gasteiger partial charge >= 0.3 is 6.18 Å². The summed E-state index contributed by atoms with van der Waals surface area (Å²) in [5, 5.41) is 9.49. The van der Waals surface area contributed by atoms with Gasteiger partial charge in [0.1, 0.15) is 24.1 Å². The average Bonchev–Trinajstić information content (AvgIpc) is 2.59. The number of halogens is 4. The van der Waals surface area contributed by atoms with Gasteiger partial charge in [-0.15, -0.1) is 0 Å². The summed E-state index contributed by atoms with van der Waals surface area (Å²) in [5.41, 5.74) is -1.25. The minimum Gasteiger partial charge on any atom is -0.474 e. The van der Waals surface area contributed by atoms with Gasteiger partial charge in [-0.2, -0.15) is 18.4 Å². The van der Waals surface area contributed by atoms with Crippen molar-refractivity contribution in [1.82, 2.24) is 4.98 Å². The van der Waals surface area contributed by atoms with Crippen LogP contribution in [0.3, 0.4) is 0 Å². The Morgan fingerprint density at radius 1 is 1.08 bits per heavy atom. The summed E-state index contributed by atoms with van der Waals surface area (Å²) in [7, 11) is 0. The highest BCUT2D eigenvalue weighted by atomic mass is 19.4. The van der Waals surface area contributed by atoms with E-state index in [4.69, 9.17) is 10.00 Å². The highest BCUT2D eigenvalue weighted by Crippen LogP contribution is 2.29. The first-order valence-corrected chi connectivity index (χ1v) is 7.34. The molecule has 0 atom stereocenters. The van der Waals surface area contributed by atoms with Crippen LogP contribution in [0.25, 0.3) is 10.8 Å². The molecule has 26 heavy (non-hydrogen) atoms. The molecule has 0 saturated carbocycles. The number of nitriles is 1. The van der Waals surface area contributed by atoms with Crippen LogP contribution in [0.1, 0.15) is 16.7 Å². The van der Waals surface area contributed by atoms with Crippen molar-refractivity contribution in [3.05, 3.63) is 75.3 Å². The molecule has 2 aromatic carbocycles. The normalized spacial score (nSPS) is 11.3.